The van der Waals surface area contributed by atoms with Gasteiger partial charge in [0, 0.05) is 0 Å². The lowest BCUT2D eigenvalue weighted by Crippen LogP contribution is -2.20. The third-order valence-electron chi connectivity index (χ3n) is 2.11. The molecule has 0 N–H and O–H groups in total. The van der Waals surface area contributed by atoms with Gasteiger partial charge in [-0.3, -0.25) is 4.79 Å². The van der Waals surface area contributed by atoms with Gasteiger partial charge >= 0.3 is 0 Å². The number of ketones is 1. The Morgan fingerprint density at radius 2 is 1.76 bits per heavy atom. The van der Waals surface area contributed by atoms with Gasteiger partial charge in [-0.25, -0.2) is 17.2 Å². The fourth-order valence-electron chi connectivity index (χ4n) is 1.42. The molecule has 0 bridgehead atoms. The summed E-state index contributed by atoms with van der Waals surface area (Å²) in [5.41, 5.74) is -0.785. The minimum Gasteiger partial charge on any atom is -0.293 e. The molecule has 94 valence electrons. The minimum absolute atomic E-state index is 0.172. The first-order chi connectivity index (χ1) is 7.87. The van der Waals surface area contributed by atoms with Gasteiger partial charge in [-0.05, 0) is 18.6 Å². The quantitative estimate of drug-likeness (QED) is 0.762. The second kappa shape index (κ2) is 5.35. The van der Waals surface area contributed by atoms with Crippen molar-refractivity contribution in [2.24, 2.45) is 0 Å². The number of hydrogen-bond donors (Lipinski definition) is 0. The molecule has 0 heterocycles. The van der Waals surface area contributed by atoms with Crippen LogP contribution < -0.4 is 0 Å². The number of Topliss-reactive ketones (excluding diaryl/α,β-unsaturated/α-hetero) is 1. The molecule has 3 nitrogen and oxygen atoms in total. The Bertz CT molecular complexity index is 503. The van der Waals surface area contributed by atoms with Gasteiger partial charge in [-0.1, -0.05) is 13.0 Å². The molecule has 0 fully saturated rings. The van der Waals surface area contributed by atoms with E-state index in [0.29, 0.717) is 6.42 Å². The van der Waals surface area contributed by atoms with E-state index < -0.39 is 38.6 Å². The van der Waals surface area contributed by atoms with E-state index in [1.807, 2.05) is 0 Å². The van der Waals surface area contributed by atoms with Crippen LogP contribution in [0.15, 0.2) is 18.2 Å². The van der Waals surface area contributed by atoms with Gasteiger partial charge in [0.05, 0.1) is 11.3 Å². The molecular weight excluding hydrogens is 250 g/mol. The normalized spacial score (nSPS) is 11.5. The maximum atomic E-state index is 13.2. The number of rotatable bonds is 5. The SMILES string of the molecule is CCCS(=O)(=O)CC(=O)c1c(F)cccc1F. The molecule has 0 aliphatic heterocycles. The van der Waals surface area contributed by atoms with Crippen molar-refractivity contribution in [3.63, 3.8) is 0 Å². The molecule has 0 amide bonds. The fourth-order valence-corrected chi connectivity index (χ4v) is 2.73. The second-order valence-electron chi connectivity index (χ2n) is 3.61. The highest BCUT2D eigenvalue weighted by molar-refractivity contribution is 7.92. The van der Waals surface area contributed by atoms with Crippen LogP contribution >= 0.6 is 0 Å². The smallest absolute Gasteiger partial charge is 0.183 e. The van der Waals surface area contributed by atoms with E-state index in [-0.39, 0.29) is 5.75 Å². The van der Waals surface area contributed by atoms with E-state index in [1.165, 1.54) is 0 Å². The first-order valence-electron chi connectivity index (χ1n) is 5.05. The molecule has 6 heteroatoms. The van der Waals surface area contributed by atoms with Crippen molar-refractivity contribution in [2.75, 3.05) is 11.5 Å². The number of benzene rings is 1. The lowest BCUT2D eigenvalue weighted by molar-refractivity contribution is 0.101. The zero-order chi connectivity index (χ0) is 13.1. The number of carbonyl (C=O) groups excluding carboxylic acids is 1. The van der Waals surface area contributed by atoms with E-state index in [9.17, 15) is 22.0 Å². The van der Waals surface area contributed by atoms with E-state index >= 15 is 0 Å². The van der Waals surface area contributed by atoms with Crippen LogP contribution in [0, 0.1) is 11.6 Å². The highest BCUT2D eigenvalue weighted by Gasteiger charge is 2.22. The average molecular weight is 262 g/mol. The lowest BCUT2D eigenvalue weighted by Gasteiger charge is -2.04. The highest BCUT2D eigenvalue weighted by atomic mass is 32.2. The summed E-state index contributed by atoms with van der Waals surface area (Å²) in [5, 5.41) is 0. The van der Waals surface area contributed by atoms with E-state index in [4.69, 9.17) is 0 Å². The van der Waals surface area contributed by atoms with Crippen LogP contribution in [0.2, 0.25) is 0 Å². The maximum absolute atomic E-state index is 13.2. The molecule has 1 aromatic rings. The van der Waals surface area contributed by atoms with Crippen molar-refractivity contribution in [2.45, 2.75) is 13.3 Å². The monoisotopic (exact) mass is 262 g/mol. The van der Waals surface area contributed by atoms with Crippen LogP contribution in [0.5, 0.6) is 0 Å². The summed E-state index contributed by atoms with van der Waals surface area (Å²) in [4.78, 5) is 11.5. The highest BCUT2D eigenvalue weighted by Crippen LogP contribution is 2.14. The Balaban J connectivity index is 2.99. The molecule has 0 aromatic heterocycles. The molecule has 0 unspecified atom stereocenters. The molecule has 0 aliphatic rings. The molecule has 17 heavy (non-hydrogen) atoms. The van der Waals surface area contributed by atoms with Gasteiger partial charge < -0.3 is 0 Å². The molecule has 1 aromatic carbocycles. The molecule has 0 saturated carbocycles. The summed E-state index contributed by atoms with van der Waals surface area (Å²) < 4.78 is 49.2. The molecule has 1 rings (SSSR count). The van der Waals surface area contributed by atoms with Gasteiger partial charge in [0.1, 0.15) is 17.4 Å². The second-order valence-corrected chi connectivity index (χ2v) is 5.80. The standard InChI is InChI=1S/C11H12F2O3S/c1-2-6-17(15,16)7-10(14)11-8(12)4-3-5-9(11)13/h3-5H,2,6-7H2,1H3. The lowest BCUT2D eigenvalue weighted by atomic mass is 10.1. The summed E-state index contributed by atoms with van der Waals surface area (Å²) in [5.74, 6) is -4.16. The Morgan fingerprint density at radius 1 is 1.24 bits per heavy atom. The fraction of sp³-hybridized carbons (Fsp3) is 0.364. The van der Waals surface area contributed by atoms with Crippen molar-refractivity contribution in [3.05, 3.63) is 35.4 Å². The number of sulfone groups is 1. The molecule has 0 saturated heterocycles. The summed E-state index contributed by atoms with van der Waals surface area (Å²) in [7, 11) is -3.60. The average Bonchev–Trinajstić information content (AvgIpc) is 2.15. The topological polar surface area (TPSA) is 51.2 Å². The molecule has 0 aliphatic carbocycles. The maximum Gasteiger partial charge on any atom is 0.183 e. The Hall–Kier alpha value is -1.30. The Labute approximate surface area is 98.4 Å². The zero-order valence-electron chi connectivity index (χ0n) is 9.24. The number of halogens is 2. The van der Waals surface area contributed by atoms with Crippen LogP contribution in [0.25, 0.3) is 0 Å². The summed E-state index contributed by atoms with van der Waals surface area (Å²) in [6.07, 6.45) is 0.357. The first kappa shape index (κ1) is 13.8. The van der Waals surface area contributed by atoms with E-state index in [0.717, 1.165) is 18.2 Å². The third-order valence-corrected chi connectivity index (χ3v) is 3.84. The van der Waals surface area contributed by atoms with Crippen LogP contribution in [0.1, 0.15) is 23.7 Å². The zero-order valence-corrected chi connectivity index (χ0v) is 10.1. The predicted molar refractivity (Wildman–Crippen MR) is 59.6 cm³/mol. The number of hydrogen-bond acceptors (Lipinski definition) is 3. The predicted octanol–water partition coefficient (Wildman–Crippen LogP) is 1.97. The van der Waals surface area contributed by atoms with Crippen molar-refractivity contribution < 1.29 is 22.0 Å². The van der Waals surface area contributed by atoms with Crippen molar-refractivity contribution in [3.8, 4) is 0 Å². The summed E-state index contributed by atoms with van der Waals surface area (Å²) in [6, 6.07) is 2.95. The van der Waals surface area contributed by atoms with Crippen molar-refractivity contribution in [1.82, 2.24) is 0 Å². The Kier molecular flexibility index (Phi) is 4.34. The van der Waals surface area contributed by atoms with Crippen molar-refractivity contribution in [1.29, 1.82) is 0 Å². The largest absolute Gasteiger partial charge is 0.293 e. The number of carbonyl (C=O) groups is 1. The van der Waals surface area contributed by atoms with E-state index in [1.54, 1.807) is 6.92 Å². The van der Waals surface area contributed by atoms with Crippen LogP contribution in [-0.4, -0.2) is 25.7 Å². The molecular formula is C11H12F2O3S. The van der Waals surface area contributed by atoms with Gasteiger partial charge in [0.2, 0.25) is 0 Å². The van der Waals surface area contributed by atoms with Crippen molar-refractivity contribution >= 4 is 15.6 Å². The summed E-state index contributed by atoms with van der Waals surface area (Å²) >= 11 is 0. The van der Waals surface area contributed by atoms with Gasteiger partial charge in [-0.2, -0.15) is 0 Å². The third kappa shape index (κ3) is 3.59. The minimum atomic E-state index is -3.60. The molecule has 0 radical (unpaired) electrons. The molecule has 0 atom stereocenters. The summed E-state index contributed by atoms with van der Waals surface area (Å²) in [6.45, 7) is 1.64. The van der Waals surface area contributed by atoms with Gasteiger partial charge in [-0.15, -0.1) is 0 Å². The first-order valence-corrected chi connectivity index (χ1v) is 6.87. The van der Waals surface area contributed by atoms with Gasteiger partial charge in [0.25, 0.3) is 0 Å². The van der Waals surface area contributed by atoms with Gasteiger partial charge in [0.15, 0.2) is 15.6 Å². The molecule has 0 spiro atoms. The van der Waals surface area contributed by atoms with Crippen LogP contribution in [-0.2, 0) is 9.84 Å². The van der Waals surface area contributed by atoms with Crippen LogP contribution in [0.4, 0.5) is 8.78 Å². The van der Waals surface area contributed by atoms with E-state index in [2.05, 4.69) is 0 Å². The van der Waals surface area contributed by atoms with Crippen LogP contribution in [0.3, 0.4) is 0 Å². The Morgan fingerprint density at radius 3 is 2.24 bits per heavy atom.